The molecular weight excluding hydrogens is 411 g/mol. The van der Waals surface area contributed by atoms with E-state index in [0.717, 1.165) is 0 Å². The van der Waals surface area contributed by atoms with Gasteiger partial charge in [0.2, 0.25) is 11.7 Å². The lowest BCUT2D eigenvalue weighted by atomic mass is 10.0. The van der Waals surface area contributed by atoms with E-state index in [9.17, 15) is 28.1 Å². The monoisotopic (exact) mass is 426 g/mol. The van der Waals surface area contributed by atoms with Gasteiger partial charge in [0.1, 0.15) is 18.3 Å². The molecule has 0 aliphatic carbocycles. The van der Waals surface area contributed by atoms with Gasteiger partial charge in [0, 0.05) is 11.8 Å². The average Bonchev–Trinajstić information content (AvgIpc) is 2.69. The molecule has 154 valence electrons. The molecule has 1 aromatic carbocycles. The number of pyridine rings is 1. The number of aromatic nitrogens is 1. The van der Waals surface area contributed by atoms with Gasteiger partial charge >= 0.3 is 0 Å². The van der Waals surface area contributed by atoms with Crippen LogP contribution in [0, 0.1) is 17.3 Å². The fourth-order valence-electron chi connectivity index (χ4n) is 2.69. The Morgan fingerprint density at radius 1 is 1.10 bits per heavy atom. The lowest BCUT2D eigenvalue weighted by Gasteiger charge is -2.38. The van der Waals surface area contributed by atoms with Crippen molar-refractivity contribution in [1.29, 1.82) is 5.26 Å². The predicted molar refractivity (Wildman–Crippen MR) is 93.2 cm³/mol. The number of ether oxygens (including phenoxy) is 2. The molecule has 1 saturated heterocycles. The molecule has 4 N–H and O–H groups in total. The number of rotatable bonds is 4. The molecule has 2 aromatic rings. The van der Waals surface area contributed by atoms with Crippen molar-refractivity contribution in [3.05, 3.63) is 48.0 Å². The van der Waals surface area contributed by atoms with Gasteiger partial charge in [-0.05, 0) is 23.8 Å². The van der Waals surface area contributed by atoms with Crippen molar-refractivity contribution in [1.82, 2.24) is 4.98 Å². The minimum absolute atomic E-state index is 0.364. The molecule has 1 aliphatic heterocycles. The maximum Gasteiger partial charge on any atom is 0.295 e. The van der Waals surface area contributed by atoms with Crippen LogP contribution in [0.4, 0.5) is 4.39 Å². The van der Waals surface area contributed by atoms with Crippen LogP contribution < -0.4 is 4.74 Å². The van der Waals surface area contributed by atoms with E-state index in [1.165, 1.54) is 24.4 Å². The number of hydrogen-bond donors (Lipinski definition) is 4. The van der Waals surface area contributed by atoms with Crippen LogP contribution in [-0.4, -0.2) is 63.3 Å². The smallest absolute Gasteiger partial charge is 0.295 e. The van der Waals surface area contributed by atoms with Gasteiger partial charge in [0.05, 0.1) is 11.6 Å². The Balaban J connectivity index is 1.89. The van der Waals surface area contributed by atoms with Crippen LogP contribution in [0.15, 0.2) is 36.5 Å². The molecule has 0 spiro atoms. The second kappa shape index (κ2) is 7.99. The van der Waals surface area contributed by atoms with Crippen molar-refractivity contribution in [2.75, 3.05) is 0 Å². The summed E-state index contributed by atoms with van der Waals surface area (Å²) in [6.45, 7) is 0. The lowest BCUT2D eigenvalue weighted by molar-refractivity contribution is -0.254. The van der Waals surface area contributed by atoms with Crippen molar-refractivity contribution in [2.24, 2.45) is 0 Å². The molecule has 5 atom stereocenters. The quantitative estimate of drug-likeness (QED) is 0.379. The highest BCUT2D eigenvalue weighted by Crippen LogP contribution is 2.30. The van der Waals surface area contributed by atoms with Gasteiger partial charge < -0.3 is 24.8 Å². The third kappa shape index (κ3) is 4.35. The van der Waals surface area contributed by atoms with Crippen molar-refractivity contribution < 1.29 is 42.2 Å². The van der Waals surface area contributed by atoms with Gasteiger partial charge in [-0.1, -0.05) is 12.1 Å². The molecule has 0 radical (unpaired) electrons. The Morgan fingerprint density at radius 3 is 2.34 bits per heavy atom. The third-order valence-electron chi connectivity index (χ3n) is 4.22. The molecule has 0 saturated carbocycles. The number of aliphatic hydroxyl groups is 3. The maximum atomic E-state index is 14.1. The maximum absolute atomic E-state index is 14.1. The van der Waals surface area contributed by atoms with E-state index in [2.05, 4.69) is 4.98 Å². The zero-order valence-electron chi connectivity index (χ0n) is 14.5. The Hall–Kier alpha value is -2.66. The molecule has 3 rings (SSSR count). The van der Waals surface area contributed by atoms with Gasteiger partial charge in [0.25, 0.3) is 16.1 Å². The summed E-state index contributed by atoms with van der Waals surface area (Å²) in [7, 11) is -4.98. The molecule has 1 unspecified atom stereocenters. The highest BCUT2D eigenvalue weighted by Gasteiger charge is 2.50. The summed E-state index contributed by atoms with van der Waals surface area (Å²) in [6.07, 6.45) is -6.93. The van der Waals surface area contributed by atoms with E-state index < -0.39 is 51.9 Å². The van der Waals surface area contributed by atoms with Gasteiger partial charge in [-0.2, -0.15) is 18.1 Å². The predicted octanol–water partition coefficient (Wildman–Crippen LogP) is -0.209. The first-order valence-electron chi connectivity index (χ1n) is 8.10. The van der Waals surface area contributed by atoms with Crippen LogP contribution in [0.5, 0.6) is 5.75 Å². The summed E-state index contributed by atoms with van der Waals surface area (Å²) >= 11 is 0. The molecule has 1 aliphatic rings. The molecule has 12 heteroatoms. The third-order valence-corrected chi connectivity index (χ3v) is 5.19. The zero-order valence-corrected chi connectivity index (χ0v) is 15.3. The lowest BCUT2D eigenvalue weighted by Crippen LogP contribution is -2.61. The molecule has 1 fully saturated rings. The fourth-order valence-corrected chi connectivity index (χ4v) is 3.46. The number of hydrogen-bond acceptors (Lipinski definition) is 9. The molecule has 10 nitrogen and oxygen atoms in total. The van der Waals surface area contributed by atoms with E-state index in [0.29, 0.717) is 16.7 Å². The fraction of sp³-hybridized carbons (Fsp3) is 0.294. The highest BCUT2D eigenvalue weighted by molar-refractivity contribution is 7.86. The van der Waals surface area contributed by atoms with Crippen molar-refractivity contribution in [3.63, 3.8) is 0 Å². The minimum atomic E-state index is -4.98. The largest absolute Gasteiger partial charge is 0.457 e. The first-order valence-corrected chi connectivity index (χ1v) is 9.61. The van der Waals surface area contributed by atoms with E-state index in [1.807, 2.05) is 6.07 Å². The summed E-state index contributed by atoms with van der Waals surface area (Å²) < 4.78 is 55.8. The van der Waals surface area contributed by atoms with Gasteiger partial charge in [-0.25, -0.2) is 4.98 Å². The number of nitrogens with zero attached hydrogens (tertiary/aromatic N) is 2. The summed E-state index contributed by atoms with van der Waals surface area (Å²) in [5.41, 5.74) is -0.993. The molecular formula is C17H15FN2O8S. The zero-order chi connectivity index (χ0) is 21.3. The number of aliphatic hydroxyl groups excluding tert-OH is 3. The van der Waals surface area contributed by atoms with Crippen LogP contribution in [0.1, 0.15) is 5.56 Å². The topological polar surface area (TPSA) is 170 Å². The van der Waals surface area contributed by atoms with Gasteiger partial charge in [0.15, 0.2) is 5.75 Å². The number of nitriles is 1. The minimum Gasteiger partial charge on any atom is -0.457 e. The molecule has 29 heavy (non-hydrogen) atoms. The van der Waals surface area contributed by atoms with E-state index in [1.54, 1.807) is 12.1 Å². The van der Waals surface area contributed by atoms with Crippen LogP contribution in [0.25, 0.3) is 11.1 Å². The number of halogens is 1. The molecule has 2 heterocycles. The van der Waals surface area contributed by atoms with E-state index >= 15 is 0 Å². The Labute approximate surface area is 164 Å². The van der Waals surface area contributed by atoms with Gasteiger partial charge in [-0.15, -0.1) is 0 Å². The highest BCUT2D eigenvalue weighted by atomic mass is 32.2. The van der Waals surface area contributed by atoms with Crippen LogP contribution in [-0.2, 0) is 14.9 Å². The molecule has 0 bridgehead atoms. The average molecular weight is 426 g/mol. The van der Waals surface area contributed by atoms with Crippen molar-refractivity contribution in [2.45, 2.75) is 30.0 Å². The second-order valence-corrected chi connectivity index (χ2v) is 7.67. The normalized spacial score (nSPS) is 27.2. The van der Waals surface area contributed by atoms with Crippen molar-refractivity contribution in [3.8, 4) is 22.9 Å². The van der Waals surface area contributed by atoms with E-state index in [4.69, 9.17) is 19.3 Å². The second-order valence-electron chi connectivity index (χ2n) is 6.18. The van der Waals surface area contributed by atoms with Crippen LogP contribution in [0.3, 0.4) is 0 Å². The first-order chi connectivity index (χ1) is 13.6. The summed E-state index contributed by atoms with van der Waals surface area (Å²) in [6, 6.07) is 9.35. The first kappa shape index (κ1) is 21.1. The summed E-state index contributed by atoms with van der Waals surface area (Å²) in [4.78, 5) is 3.52. The Kier molecular flexibility index (Phi) is 5.80. The van der Waals surface area contributed by atoms with Crippen molar-refractivity contribution >= 4 is 10.1 Å². The standard InChI is InChI=1S/C17H15FN2O8S/c18-15-11(5-10(7-20-15)9-3-1-8(6-19)2-4-9)27-16-13(22)12(21)14(23)17(28-16)29(24,25)26/h1-5,7,12-14,16-17,21-23H,(H,24,25,26)/t12-,13-,14+,16-,17?/m1/s1. The number of benzene rings is 1. The molecule has 0 amide bonds. The van der Waals surface area contributed by atoms with Gasteiger partial charge in [-0.3, -0.25) is 4.55 Å². The summed E-state index contributed by atoms with van der Waals surface area (Å²) in [5.74, 6) is -1.67. The van der Waals surface area contributed by atoms with Crippen LogP contribution in [0.2, 0.25) is 0 Å². The van der Waals surface area contributed by atoms with E-state index in [-0.39, 0.29) is 0 Å². The Morgan fingerprint density at radius 2 is 1.76 bits per heavy atom. The summed E-state index contributed by atoms with van der Waals surface area (Å²) in [5, 5.41) is 38.3. The Bertz CT molecular complexity index is 1040. The van der Waals surface area contributed by atoms with Crippen LogP contribution >= 0.6 is 0 Å². The SMILES string of the molecule is N#Cc1ccc(-c2cnc(F)c(O[C@@H]3OC(S(=O)(=O)O)[C@@H](O)[C@H](O)[C@H]3O)c2)cc1. The molecule has 1 aromatic heterocycles.